The van der Waals surface area contributed by atoms with Gasteiger partial charge in [0.1, 0.15) is 5.75 Å². The van der Waals surface area contributed by atoms with Crippen LogP contribution in [-0.4, -0.2) is 23.1 Å². The van der Waals surface area contributed by atoms with Gasteiger partial charge in [-0.15, -0.1) is 11.3 Å². The summed E-state index contributed by atoms with van der Waals surface area (Å²) in [5.74, 6) is 0.555. The summed E-state index contributed by atoms with van der Waals surface area (Å²) < 4.78 is 5.16. The van der Waals surface area contributed by atoms with E-state index in [1.54, 1.807) is 13.2 Å². The molecule has 0 saturated carbocycles. The number of thiazole rings is 1. The van der Waals surface area contributed by atoms with E-state index in [-0.39, 0.29) is 11.0 Å². The van der Waals surface area contributed by atoms with Gasteiger partial charge in [0.2, 0.25) is 0 Å². The van der Waals surface area contributed by atoms with E-state index in [0.717, 1.165) is 28.1 Å². The molecule has 1 heterocycles. The lowest BCUT2D eigenvalue weighted by atomic mass is 10.1. The predicted molar refractivity (Wildman–Crippen MR) is 114 cm³/mol. The number of carbonyl (C=O) groups is 1. The standard InChI is InChI=1S/C20H19N3O2S2/c1-12-4-9-16(13(2)10-12)18(24)22-19(26)23-20-21-17(11-27-20)14-5-7-15(25-3)8-6-14/h4-11H,1-3H3,(H2,21,22,23,24,26). The third-order valence-corrected chi connectivity index (χ3v) is 4.93. The fourth-order valence-electron chi connectivity index (χ4n) is 2.59. The average Bonchev–Trinajstić information content (AvgIpc) is 3.09. The predicted octanol–water partition coefficient (Wildman–Crippen LogP) is 4.56. The fraction of sp³-hybridized carbons (Fsp3) is 0.150. The smallest absolute Gasteiger partial charge is 0.257 e. The maximum absolute atomic E-state index is 12.4. The highest BCUT2D eigenvalue weighted by atomic mass is 32.1. The summed E-state index contributed by atoms with van der Waals surface area (Å²) in [6.07, 6.45) is 0. The molecule has 1 amide bonds. The topological polar surface area (TPSA) is 63.2 Å². The normalized spacial score (nSPS) is 10.3. The van der Waals surface area contributed by atoms with Crippen molar-refractivity contribution in [2.45, 2.75) is 13.8 Å². The van der Waals surface area contributed by atoms with Gasteiger partial charge < -0.3 is 10.1 Å². The van der Waals surface area contributed by atoms with Crippen LogP contribution in [0.15, 0.2) is 47.8 Å². The fourth-order valence-corrected chi connectivity index (χ4v) is 3.57. The van der Waals surface area contributed by atoms with Gasteiger partial charge in [0.25, 0.3) is 5.91 Å². The van der Waals surface area contributed by atoms with Crippen LogP contribution >= 0.6 is 23.6 Å². The Hall–Kier alpha value is -2.77. The lowest BCUT2D eigenvalue weighted by molar-refractivity contribution is 0.0977. The number of hydrogen-bond donors (Lipinski definition) is 2. The first-order chi connectivity index (χ1) is 13.0. The second-order valence-electron chi connectivity index (χ2n) is 5.99. The molecule has 3 aromatic rings. The zero-order chi connectivity index (χ0) is 19.4. The number of nitrogens with one attached hydrogen (secondary N) is 2. The molecule has 2 N–H and O–H groups in total. The van der Waals surface area contributed by atoms with E-state index in [4.69, 9.17) is 17.0 Å². The Kier molecular flexibility index (Phi) is 5.83. The average molecular weight is 398 g/mol. The summed E-state index contributed by atoms with van der Waals surface area (Å²) in [5.41, 5.74) is 4.42. The second-order valence-corrected chi connectivity index (χ2v) is 7.26. The van der Waals surface area contributed by atoms with Crippen molar-refractivity contribution in [1.82, 2.24) is 10.3 Å². The van der Waals surface area contributed by atoms with Crippen LogP contribution in [0, 0.1) is 13.8 Å². The van der Waals surface area contributed by atoms with E-state index in [1.165, 1.54) is 11.3 Å². The second kappa shape index (κ2) is 8.28. The van der Waals surface area contributed by atoms with Gasteiger partial charge in [0.15, 0.2) is 10.2 Å². The van der Waals surface area contributed by atoms with Crippen molar-refractivity contribution in [3.63, 3.8) is 0 Å². The van der Waals surface area contributed by atoms with Crippen molar-refractivity contribution in [3.8, 4) is 17.0 Å². The molecule has 5 nitrogen and oxygen atoms in total. The first-order valence-corrected chi connectivity index (χ1v) is 9.54. The van der Waals surface area contributed by atoms with E-state index >= 15 is 0 Å². The Morgan fingerprint density at radius 1 is 1.15 bits per heavy atom. The molecule has 0 aliphatic heterocycles. The quantitative estimate of drug-likeness (QED) is 0.632. The molecule has 0 aliphatic rings. The van der Waals surface area contributed by atoms with E-state index in [9.17, 15) is 4.79 Å². The number of ether oxygens (including phenoxy) is 1. The number of anilines is 1. The number of aryl methyl sites for hydroxylation is 2. The van der Waals surface area contributed by atoms with Crippen molar-refractivity contribution in [2.75, 3.05) is 12.4 Å². The summed E-state index contributed by atoms with van der Waals surface area (Å²) in [6.45, 7) is 3.89. The molecule has 0 spiro atoms. The van der Waals surface area contributed by atoms with Gasteiger partial charge in [0.05, 0.1) is 12.8 Å². The van der Waals surface area contributed by atoms with Gasteiger partial charge in [-0.2, -0.15) is 0 Å². The molecule has 1 aromatic heterocycles. The Morgan fingerprint density at radius 2 is 1.89 bits per heavy atom. The Morgan fingerprint density at radius 3 is 2.56 bits per heavy atom. The van der Waals surface area contributed by atoms with Crippen LogP contribution in [0.4, 0.5) is 5.13 Å². The zero-order valence-electron chi connectivity index (χ0n) is 15.2. The molecule has 7 heteroatoms. The number of carbonyl (C=O) groups excluding carboxylic acids is 1. The molecular weight excluding hydrogens is 378 g/mol. The van der Waals surface area contributed by atoms with Gasteiger partial charge in [0, 0.05) is 16.5 Å². The summed E-state index contributed by atoms with van der Waals surface area (Å²) in [4.78, 5) is 16.9. The monoisotopic (exact) mass is 397 g/mol. The molecule has 0 unspecified atom stereocenters. The van der Waals surface area contributed by atoms with Gasteiger partial charge >= 0.3 is 0 Å². The zero-order valence-corrected chi connectivity index (χ0v) is 16.8. The maximum atomic E-state index is 12.4. The number of benzene rings is 2. The van der Waals surface area contributed by atoms with E-state index in [0.29, 0.717) is 10.7 Å². The van der Waals surface area contributed by atoms with Crippen LogP contribution in [0.3, 0.4) is 0 Å². The van der Waals surface area contributed by atoms with Gasteiger partial charge in [-0.3, -0.25) is 10.1 Å². The van der Waals surface area contributed by atoms with Crippen molar-refractivity contribution in [3.05, 3.63) is 64.5 Å². The van der Waals surface area contributed by atoms with Crippen LogP contribution in [0.25, 0.3) is 11.3 Å². The molecule has 138 valence electrons. The largest absolute Gasteiger partial charge is 0.497 e. The van der Waals surface area contributed by atoms with Crippen LogP contribution in [0.2, 0.25) is 0 Å². The third kappa shape index (κ3) is 4.69. The number of methoxy groups -OCH3 is 1. The molecular formula is C20H19N3O2S2. The molecule has 0 radical (unpaired) electrons. The minimum atomic E-state index is -0.239. The van der Waals surface area contributed by atoms with Crippen molar-refractivity contribution < 1.29 is 9.53 Å². The minimum Gasteiger partial charge on any atom is -0.497 e. The maximum Gasteiger partial charge on any atom is 0.257 e. The lowest BCUT2D eigenvalue weighted by Gasteiger charge is -2.09. The van der Waals surface area contributed by atoms with Gasteiger partial charge in [-0.05, 0) is 62.0 Å². The van der Waals surface area contributed by atoms with E-state index < -0.39 is 0 Å². The number of nitrogens with zero attached hydrogens (tertiary/aromatic N) is 1. The molecule has 27 heavy (non-hydrogen) atoms. The molecule has 0 saturated heterocycles. The lowest BCUT2D eigenvalue weighted by Crippen LogP contribution is -2.34. The highest BCUT2D eigenvalue weighted by Gasteiger charge is 2.12. The molecule has 0 bridgehead atoms. The Labute approximate surface area is 167 Å². The SMILES string of the molecule is COc1ccc(-c2csc(NC(=S)NC(=O)c3ccc(C)cc3C)n2)cc1. The van der Waals surface area contributed by atoms with E-state index in [1.807, 2.05) is 55.6 Å². The van der Waals surface area contributed by atoms with Gasteiger partial charge in [-0.1, -0.05) is 17.7 Å². The number of rotatable bonds is 4. The first kappa shape index (κ1) is 19.0. The number of amides is 1. The highest BCUT2D eigenvalue weighted by Crippen LogP contribution is 2.26. The van der Waals surface area contributed by atoms with Crippen molar-refractivity contribution in [1.29, 1.82) is 0 Å². The third-order valence-electron chi connectivity index (χ3n) is 3.96. The van der Waals surface area contributed by atoms with E-state index in [2.05, 4.69) is 15.6 Å². The van der Waals surface area contributed by atoms with Crippen LogP contribution in [0.5, 0.6) is 5.75 Å². The van der Waals surface area contributed by atoms with Crippen LogP contribution in [-0.2, 0) is 0 Å². The first-order valence-electron chi connectivity index (χ1n) is 8.26. The molecule has 0 aliphatic carbocycles. The number of aromatic nitrogens is 1. The van der Waals surface area contributed by atoms with Crippen molar-refractivity contribution >= 4 is 39.7 Å². The molecule has 2 aromatic carbocycles. The molecule has 0 atom stereocenters. The van der Waals surface area contributed by atoms with Crippen LogP contribution in [0.1, 0.15) is 21.5 Å². The number of hydrogen-bond acceptors (Lipinski definition) is 5. The molecule has 0 fully saturated rings. The van der Waals surface area contributed by atoms with Crippen molar-refractivity contribution in [2.24, 2.45) is 0 Å². The van der Waals surface area contributed by atoms with Gasteiger partial charge in [-0.25, -0.2) is 4.98 Å². The Bertz CT molecular complexity index is 981. The number of thiocarbonyl (C=S) groups is 1. The van der Waals surface area contributed by atoms with Crippen LogP contribution < -0.4 is 15.4 Å². The summed E-state index contributed by atoms with van der Waals surface area (Å²) in [5, 5.41) is 8.43. The summed E-state index contributed by atoms with van der Waals surface area (Å²) in [6, 6.07) is 13.3. The summed E-state index contributed by atoms with van der Waals surface area (Å²) >= 11 is 6.67. The summed E-state index contributed by atoms with van der Waals surface area (Å²) in [7, 11) is 1.63. The Balaban J connectivity index is 1.64. The minimum absolute atomic E-state index is 0.218. The highest BCUT2D eigenvalue weighted by molar-refractivity contribution is 7.80. The molecule has 3 rings (SSSR count).